The van der Waals surface area contributed by atoms with E-state index in [0.717, 1.165) is 29.4 Å². The van der Waals surface area contributed by atoms with Crippen molar-refractivity contribution in [2.45, 2.75) is 26.8 Å². The maximum absolute atomic E-state index is 13.8. The molecule has 0 bridgehead atoms. The highest BCUT2D eigenvalue weighted by Crippen LogP contribution is 2.26. The van der Waals surface area contributed by atoms with E-state index in [0.29, 0.717) is 19.5 Å². The Morgan fingerprint density at radius 1 is 1.36 bits per heavy atom. The number of benzene rings is 1. The first-order chi connectivity index (χ1) is 12.0. The number of aryl methyl sites for hydroxylation is 1. The van der Waals surface area contributed by atoms with Gasteiger partial charge < -0.3 is 15.1 Å². The van der Waals surface area contributed by atoms with Gasteiger partial charge in [-0.25, -0.2) is 19.2 Å². The summed E-state index contributed by atoms with van der Waals surface area (Å²) in [6.45, 7) is 5.69. The number of aromatic nitrogens is 2. The van der Waals surface area contributed by atoms with Crippen molar-refractivity contribution in [2.24, 2.45) is 0 Å². The predicted molar refractivity (Wildman–Crippen MR) is 95.2 cm³/mol. The van der Waals surface area contributed by atoms with Crippen molar-refractivity contribution >= 4 is 17.5 Å². The Morgan fingerprint density at radius 3 is 2.84 bits per heavy atom. The van der Waals surface area contributed by atoms with Gasteiger partial charge in [0, 0.05) is 32.1 Å². The second-order valence-corrected chi connectivity index (χ2v) is 6.12. The van der Waals surface area contributed by atoms with Crippen molar-refractivity contribution in [2.75, 3.05) is 30.4 Å². The van der Waals surface area contributed by atoms with E-state index in [4.69, 9.17) is 0 Å². The molecule has 0 atom stereocenters. The molecule has 132 valence electrons. The molecule has 0 saturated carbocycles. The van der Waals surface area contributed by atoms with Gasteiger partial charge in [0.25, 0.3) is 0 Å². The maximum atomic E-state index is 13.8. The Morgan fingerprint density at radius 2 is 2.12 bits per heavy atom. The van der Waals surface area contributed by atoms with E-state index < -0.39 is 5.82 Å². The third-order valence-corrected chi connectivity index (χ3v) is 4.39. The second kappa shape index (κ2) is 7.04. The highest BCUT2D eigenvalue weighted by molar-refractivity contribution is 5.89. The van der Waals surface area contributed by atoms with Gasteiger partial charge in [-0.1, -0.05) is 12.1 Å². The summed E-state index contributed by atoms with van der Waals surface area (Å²) in [6, 6.07) is 5.84. The van der Waals surface area contributed by atoms with Crippen molar-refractivity contribution in [1.82, 2.24) is 14.9 Å². The molecule has 1 aliphatic rings. The fourth-order valence-corrected chi connectivity index (χ4v) is 2.91. The first-order valence-electron chi connectivity index (χ1n) is 8.37. The smallest absolute Gasteiger partial charge is 0.322 e. The lowest BCUT2D eigenvalue weighted by molar-refractivity contribution is 0.205. The van der Waals surface area contributed by atoms with Crippen LogP contribution in [0.1, 0.15) is 24.0 Å². The molecule has 25 heavy (non-hydrogen) atoms. The van der Waals surface area contributed by atoms with Crippen molar-refractivity contribution < 1.29 is 9.18 Å². The monoisotopic (exact) mass is 343 g/mol. The Balaban J connectivity index is 1.83. The maximum Gasteiger partial charge on any atom is 0.322 e. The van der Waals surface area contributed by atoms with Crippen LogP contribution in [0.4, 0.5) is 20.7 Å². The number of amides is 2. The highest BCUT2D eigenvalue weighted by Gasteiger charge is 2.26. The minimum atomic E-state index is -0.446. The van der Waals surface area contributed by atoms with Gasteiger partial charge in [0.05, 0.1) is 17.9 Å². The predicted octanol–water partition coefficient (Wildman–Crippen LogP) is 2.97. The standard InChI is InChI=1S/C18H22FN5O/c1-4-23(3)17-13-11-24(10-9-15(13)20-12(2)21-17)18(25)22-16-8-6-5-7-14(16)19/h5-8H,4,9-11H2,1-3H3,(H,22,25). The Bertz CT molecular complexity index is 795. The van der Waals surface area contributed by atoms with Crippen LogP contribution in [0.2, 0.25) is 0 Å². The number of urea groups is 1. The van der Waals surface area contributed by atoms with Crippen molar-refractivity contribution in [3.05, 3.63) is 47.2 Å². The molecule has 0 spiro atoms. The van der Waals surface area contributed by atoms with Crippen LogP contribution in [0.25, 0.3) is 0 Å². The molecule has 1 aromatic carbocycles. The topological polar surface area (TPSA) is 61.4 Å². The van der Waals surface area contributed by atoms with Gasteiger partial charge in [-0.15, -0.1) is 0 Å². The van der Waals surface area contributed by atoms with Crippen LogP contribution in [0.5, 0.6) is 0 Å². The molecule has 0 radical (unpaired) electrons. The van der Waals surface area contributed by atoms with Crippen LogP contribution in [-0.2, 0) is 13.0 Å². The van der Waals surface area contributed by atoms with Crippen LogP contribution < -0.4 is 10.2 Å². The second-order valence-electron chi connectivity index (χ2n) is 6.12. The van der Waals surface area contributed by atoms with E-state index in [1.54, 1.807) is 23.1 Å². The van der Waals surface area contributed by atoms with Gasteiger partial charge in [-0.05, 0) is 26.0 Å². The molecule has 6 nitrogen and oxygen atoms in total. The summed E-state index contributed by atoms with van der Waals surface area (Å²) in [6.07, 6.45) is 0.661. The average Bonchev–Trinajstić information content (AvgIpc) is 2.61. The molecule has 0 saturated heterocycles. The molecular weight excluding hydrogens is 321 g/mol. The van der Waals surface area contributed by atoms with Gasteiger partial charge in [0.2, 0.25) is 0 Å². The molecule has 7 heteroatoms. The molecule has 3 rings (SSSR count). The van der Waals surface area contributed by atoms with Gasteiger partial charge >= 0.3 is 6.03 Å². The molecule has 2 aromatic rings. The minimum absolute atomic E-state index is 0.185. The number of hydrogen-bond acceptors (Lipinski definition) is 4. The zero-order valence-corrected chi connectivity index (χ0v) is 14.7. The fourth-order valence-electron chi connectivity index (χ4n) is 2.91. The first-order valence-corrected chi connectivity index (χ1v) is 8.37. The molecule has 0 unspecified atom stereocenters. The van der Waals surface area contributed by atoms with Crippen LogP contribution in [-0.4, -0.2) is 41.0 Å². The number of nitrogens with one attached hydrogen (secondary N) is 1. The minimum Gasteiger partial charge on any atom is -0.360 e. The van der Waals surface area contributed by atoms with Crippen molar-refractivity contribution in [3.8, 4) is 0 Å². The number of hydrogen-bond donors (Lipinski definition) is 1. The Labute approximate surface area is 146 Å². The summed E-state index contributed by atoms with van der Waals surface area (Å²) in [7, 11) is 1.97. The Kier molecular flexibility index (Phi) is 4.83. The lowest BCUT2D eigenvalue weighted by Gasteiger charge is -2.31. The largest absolute Gasteiger partial charge is 0.360 e. The normalized spacial score (nSPS) is 13.4. The SMILES string of the molecule is CCN(C)c1nc(C)nc2c1CN(C(=O)Nc1ccccc1F)CC2. The molecule has 1 aromatic heterocycles. The quantitative estimate of drug-likeness (QED) is 0.931. The number of rotatable bonds is 3. The van der Waals surface area contributed by atoms with E-state index in [1.807, 2.05) is 18.9 Å². The van der Waals surface area contributed by atoms with E-state index in [-0.39, 0.29) is 11.7 Å². The summed E-state index contributed by atoms with van der Waals surface area (Å²) in [4.78, 5) is 25.3. The van der Waals surface area contributed by atoms with E-state index in [9.17, 15) is 9.18 Å². The molecular formula is C18H22FN5O. The summed E-state index contributed by atoms with van der Waals surface area (Å²) in [5.74, 6) is 1.14. The molecule has 0 fully saturated rings. The number of carbonyl (C=O) groups excluding carboxylic acids is 1. The van der Waals surface area contributed by atoms with Crippen LogP contribution in [0.15, 0.2) is 24.3 Å². The number of anilines is 2. The number of nitrogens with zero attached hydrogens (tertiary/aromatic N) is 4. The van der Waals surface area contributed by atoms with Crippen LogP contribution in [0, 0.1) is 12.7 Å². The summed E-state index contributed by atoms with van der Waals surface area (Å²) in [5, 5.41) is 2.64. The lowest BCUT2D eigenvalue weighted by Crippen LogP contribution is -2.40. The third kappa shape index (κ3) is 3.55. The van der Waals surface area contributed by atoms with E-state index in [2.05, 4.69) is 22.2 Å². The number of halogens is 1. The lowest BCUT2D eigenvalue weighted by atomic mass is 10.1. The molecule has 0 aliphatic carbocycles. The van der Waals surface area contributed by atoms with Crippen LogP contribution in [0.3, 0.4) is 0 Å². The molecule has 2 heterocycles. The van der Waals surface area contributed by atoms with Gasteiger partial charge in [0.1, 0.15) is 17.5 Å². The van der Waals surface area contributed by atoms with Gasteiger partial charge in [0.15, 0.2) is 0 Å². The first kappa shape index (κ1) is 17.1. The zero-order chi connectivity index (χ0) is 18.0. The van der Waals surface area contributed by atoms with E-state index in [1.165, 1.54) is 6.07 Å². The zero-order valence-electron chi connectivity index (χ0n) is 14.7. The number of carbonyl (C=O) groups is 1. The number of fused-ring (bicyclic) bond motifs is 1. The molecule has 1 aliphatic heterocycles. The summed E-state index contributed by atoms with van der Waals surface area (Å²) >= 11 is 0. The molecule has 2 amide bonds. The highest BCUT2D eigenvalue weighted by atomic mass is 19.1. The summed E-state index contributed by atoms with van der Waals surface area (Å²) in [5.41, 5.74) is 2.13. The van der Waals surface area contributed by atoms with E-state index >= 15 is 0 Å². The number of para-hydroxylation sites is 1. The van der Waals surface area contributed by atoms with Crippen molar-refractivity contribution in [1.29, 1.82) is 0 Å². The third-order valence-electron chi connectivity index (χ3n) is 4.39. The average molecular weight is 343 g/mol. The van der Waals surface area contributed by atoms with Crippen molar-refractivity contribution in [3.63, 3.8) is 0 Å². The summed E-state index contributed by atoms with van der Waals surface area (Å²) < 4.78 is 13.8. The van der Waals surface area contributed by atoms with Gasteiger partial charge in [-0.3, -0.25) is 0 Å². The van der Waals surface area contributed by atoms with Crippen LogP contribution >= 0.6 is 0 Å². The molecule has 1 N–H and O–H groups in total. The van der Waals surface area contributed by atoms with Gasteiger partial charge in [-0.2, -0.15) is 0 Å². The fraction of sp³-hybridized carbons (Fsp3) is 0.389. The Hall–Kier alpha value is -2.70.